The van der Waals surface area contributed by atoms with Crippen molar-refractivity contribution >= 4 is 10.8 Å². The summed E-state index contributed by atoms with van der Waals surface area (Å²) in [5, 5.41) is 11.6. The monoisotopic (exact) mass is 250 g/mol. The van der Waals surface area contributed by atoms with E-state index in [9.17, 15) is 5.11 Å². The Labute approximate surface area is 111 Å². The lowest BCUT2D eigenvalue weighted by molar-refractivity contribution is 0.309. The van der Waals surface area contributed by atoms with Crippen molar-refractivity contribution < 1.29 is 9.84 Å². The Balaban J connectivity index is 1.91. The molecule has 94 valence electrons. The van der Waals surface area contributed by atoms with Gasteiger partial charge in [-0.1, -0.05) is 54.6 Å². The lowest BCUT2D eigenvalue weighted by atomic mass is 10.1. The van der Waals surface area contributed by atoms with Gasteiger partial charge in [0.05, 0.1) is 0 Å². The summed E-state index contributed by atoms with van der Waals surface area (Å²) in [7, 11) is 0. The molecule has 0 radical (unpaired) electrons. The first-order chi connectivity index (χ1) is 9.34. The smallest absolute Gasteiger partial charge is 0.127 e. The van der Waals surface area contributed by atoms with Gasteiger partial charge in [-0.3, -0.25) is 0 Å². The highest BCUT2D eigenvalue weighted by molar-refractivity contribution is 5.92. The molecule has 19 heavy (non-hydrogen) atoms. The van der Waals surface area contributed by atoms with Crippen LogP contribution in [0.25, 0.3) is 10.8 Å². The van der Waals surface area contributed by atoms with Crippen LogP contribution < -0.4 is 4.74 Å². The zero-order chi connectivity index (χ0) is 13.1. The quantitative estimate of drug-likeness (QED) is 0.757. The minimum atomic E-state index is 0.280. The van der Waals surface area contributed by atoms with E-state index in [0.29, 0.717) is 6.61 Å². The second-order valence-corrected chi connectivity index (χ2v) is 4.40. The molecular formula is C17H14O2. The normalized spacial score (nSPS) is 10.5. The second-order valence-electron chi connectivity index (χ2n) is 4.40. The third-order valence-electron chi connectivity index (χ3n) is 3.10. The molecule has 0 unspecified atom stereocenters. The molecule has 0 aliphatic carbocycles. The summed E-state index contributed by atoms with van der Waals surface area (Å²) >= 11 is 0. The summed E-state index contributed by atoms with van der Waals surface area (Å²) in [4.78, 5) is 0. The van der Waals surface area contributed by atoms with Gasteiger partial charge in [-0.15, -0.1) is 0 Å². The van der Waals surface area contributed by atoms with Crippen LogP contribution in [0.4, 0.5) is 0 Å². The Kier molecular flexibility index (Phi) is 3.07. The fourth-order valence-electron chi connectivity index (χ4n) is 2.12. The molecule has 3 rings (SSSR count). The molecule has 0 heterocycles. The van der Waals surface area contributed by atoms with E-state index in [1.165, 1.54) is 0 Å². The number of benzene rings is 3. The highest BCUT2D eigenvalue weighted by atomic mass is 16.5. The Morgan fingerprint density at radius 3 is 2.21 bits per heavy atom. The SMILES string of the molecule is Oc1ccc(OCc2ccccc2)c2ccccc12. The van der Waals surface area contributed by atoms with Crippen LogP contribution >= 0.6 is 0 Å². The summed E-state index contributed by atoms with van der Waals surface area (Å²) < 4.78 is 5.85. The van der Waals surface area contributed by atoms with Gasteiger partial charge in [0.15, 0.2) is 0 Å². The van der Waals surface area contributed by atoms with Crippen molar-refractivity contribution in [2.45, 2.75) is 6.61 Å². The van der Waals surface area contributed by atoms with Gasteiger partial charge in [-0.05, 0) is 17.7 Å². The first-order valence-corrected chi connectivity index (χ1v) is 6.22. The van der Waals surface area contributed by atoms with Crippen LogP contribution in [0.15, 0.2) is 66.7 Å². The van der Waals surface area contributed by atoms with E-state index >= 15 is 0 Å². The van der Waals surface area contributed by atoms with E-state index in [1.807, 2.05) is 54.6 Å². The van der Waals surface area contributed by atoms with Crippen molar-refractivity contribution in [1.29, 1.82) is 0 Å². The fraction of sp³-hybridized carbons (Fsp3) is 0.0588. The first-order valence-electron chi connectivity index (χ1n) is 6.22. The molecule has 0 aromatic heterocycles. The summed E-state index contributed by atoms with van der Waals surface area (Å²) in [6, 6.07) is 21.2. The average Bonchev–Trinajstić information content (AvgIpc) is 2.48. The number of fused-ring (bicyclic) bond motifs is 1. The van der Waals surface area contributed by atoms with Crippen LogP contribution in [0.5, 0.6) is 11.5 Å². The van der Waals surface area contributed by atoms with Gasteiger partial charge in [-0.25, -0.2) is 0 Å². The largest absolute Gasteiger partial charge is 0.507 e. The predicted octanol–water partition coefficient (Wildman–Crippen LogP) is 4.12. The van der Waals surface area contributed by atoms with Crippen LogP contribution in [0, 0.1) is 0 Å². The number of hydrogen-bond donors (Lipinski definition) is 1. The number of phenolic OH excluding ortho intramolecular Hbond substituents is 1. The Bertz CT molecular complexity index is 690. The van der Waals surface area contributed by atoms with Crippen molar-refractivity contribution in [3.63, 3.8) is 0 Å². The standard InChI is InChI=1S/C17H14O2/c18-16-10-11-17(15-9-5-4-8-14(15)16)19-12-13-6-2-1-3-7-13/h1-11,18H,12H2. The van der Waals surface area contributed by atoms with E-state index in [1.54, 1.807) is 12.1 Å². The minimum absolute atomic E-state index is 0.280. The van der Waals surface area contributed by atoms with Crippen LogP contribution in [-0.4, -0.2) is 5.11 Å². The van der Waals surface area contributed by atoms with Crippen molar-refractivity contribution in [2.24, 2.45) is 0 Å². The van der Waals surface area contributed by atoms with Gasteiger partial charge in [0, 0.05) is 10.8 Å². The van der Waals surface area contributed by atoms with E-state index < -0.39 is 0 Å². The first kappa shape index (κ1) is 11.6. The van der Waals surface area contributed by atoms with Gasteiger partial charge in [-0.2, -0.15) is 0 Å². The molecule has 2 heteroatoms. The second kappa shape index (κ2) is 5.02. The third kappa shape index (κ3) is 2.38. The van der Waals surface area contributed by atoms with Gasteiger partial charge in [0.2, 0.25) is 0 Å². The molecule has 0 amide bonds. The number of rotatable bonds is 3. The third-order valence-corrected chi connectivity index (χ3v) is 3.10. The molecule has 0 fully saturated rings. The maximum absolute atomic E-state index is 9.83. The molecule has 0 saturated heterocycles. The zero-order valence-electron chi connectivity index (χ0n) is 10.4. The summed E-state index contributed by atoms with van der Waals surface area (Å²) in [5.74, 6) is 1.07. The van der Waals surface area contributed by atoms with E-state index in [0.717, 1.165) is 22.1 Å². The van der Waals surface area contributed by atoms with E-state index in [4.69, 9.17) is 4.74 Å². The molecule has 0 saturated carbocycles. The molecule has 0 spiro atoms. The molecule has 0 aliphatic rings. The van der Waals surface area contributed by atoms with Crippen LogP contribution in [0.2, 0.25) is 0 Å². The molecule has 1 N–H and O–H groups in total. The fourth-order valence-corrected chi connectivity index (χ4v) is 2.12. The molecule has 3 aromatic rings. The Hall–Kier alpha value is -2.48. The molecule has 0 atom stereocenters. The highest BCUT2D eigenvalue weighted by Crippen LogP contribution is 2.32. The number of aromatic hydroxyl groups is 1. The van der Waals surface area contributed by atoms with Gasteiger partial charge < -0.3 is 9.84 Å². The van der Waals surface area contributed by atoms with Crippen molar-refractivity contribution in [3.05, 3.63) is 72.3 Å². The van der Waals surface area contributed by atoms with Crippen molar-refractivity contribution in [1.82, 2.24) is 0 Å². The average molecular weight is 250 g/mol. The molecule has 0 aliphatic heterocycles. The Morgan fingerprint density at radius 2 is 1.42 bits per heavy atom. The van der Waals surface area contributed by atoms with Gasteiger partial charge >= 0.3 is 0 Å². The molecule has 3 aromatic carbocycles. The minimum Gasteiger partial charge on any atom is -0.507 e. The lowest BCUT2D eigenvalue weighted by Gasteiger charge is -2.10. The number of phenols is 1. The van der Waals surface area contributed by atoms with Crippen molar-refractivity contribution in [3.8, 4) is 11.5 Å². The van der Waals surface area contributed by atoms with Gasteiger partial charge in [0.1, 0.15) is 18.1 Å². The highest BCUT2D eigenvalue weighted by Gasteiger charge is 2.05. The summed E-state index contributed by atoms with van der Waals surface area (Å²) in [5.41, 5.74) is 1.12. The van der Waals surface area contributed by atoms with Crippen molar-refractivity contribution in [2.75, 3.05) is 0 Å². The molecule has 0 bridgehead atoms. The van der Waals surface area contributed by atoms with E-state index in [2.05, 4.69) is 0 Å². The molecule has 2 nitrogen and oxygen atoms in total. The van der Waals surface area contributed by atoms with Crippen LogP contribution in [0.1, 0.15) is 5.56 Å². The lowest BCUT2D eigenvalue weighted by Crippen LogP contribution is -1.95. The van der Waals surface area contributed by atoms with Crippen LogP contribution in [0.3, 0.4) is 0 Å². The van der Waals surface area contributed by atoms with Crippen LogP contribution in [-0.2, 0) is 6.61 Å². The summed E-state index contributed by atoms with van der Waals surface area (Å²) in [6.07, 6.45) is 0. The maximum Gasteiger partial charge on any atom is 0.127 e. The maximum atomic E-state index is 9.83. The zero-order valence-corrected chi connectivity index (χ0v) is 10.4. The Morgan fingerprint density at radius 1 is 0.737 bits per heavy atom. The molecular weight excluding hydrogens is 236 g/mol. The predicted molar refractivity (Wildman–Crippen MR) is 76.4 cm³/mol. The summed E-state index contributed by atoms with van der Waals surface area (Å²) in [6.45, 7) is 0.523. The number of hydrogen-bond acceptors (Lipinski definition) is 2. The number of ether oxygens (including phenoxy) is 1. The van der Waals surface area contributed by atoms with Gasteiger partial charge in [0.25, 0.3) is 0 Å². The van der Waals surface area contributed by atoms with E-state index in [-0.39, 0.29) is 5.75 Å². The topological polar surface area (TPSA) is 29.5 Å².